The molecule has 0 bridgehead atoms. The van der Waals surface area contributed by atoms with Crippen molar-refractivity contribution in [3.63, 3.8) is 0 Å². The highest BCUT2D eigenvalue weighted by molar-refractivity contribution is 5.79. The van der Waals surface area contributed by atoms with E-state index in [-0.39, 0.29) is 17.9 Å². The molecule has 2 aromatic rings. The third-order valence-corrected chi connectivity index (χ3v) is 7.31. The van der Waals surface area contributed by atoms with Crippen molar-refractivity contribution in [3.8, 4) is 0 Å². The van der Waals surface area contributed by atoms with Crippen molar-refractivity contribution >= 4 is 11.8 Å². The summed E-state index contributed by atoms with van der Waals surface area (Å²) < 4.78 is 6.68. The highest BCUT2D eigenvalue weighted by atomic mass is 16.5. The topological polar surface area (TPSA) is 71.5 Å². The molecule has 32 heavy (non-hydrogen) atoms. The van der Waals surface area contributed by atoms with E-state index in [1.165, 1.54) is 17.5 Å². The van der Waals surface area contributed by atoms with Gasteiger partial charge in [-0.15, -0.1) is 0 Å². The van der Waals surface area contributed by atoms with Gasteiger partial charge in [-0.25, -0.2) is 0 Å². The SMILES string of the molecule is O=C(CC1Cc2ccccc2C2(CCN(C(=O)C3CCC3)CC2)O1)NCc1cccnc1. The zero-order valence-corrected chi connectivity index (χ0v) is 18.5. The molecule has 1 aliphatic carbocycles. The van der Waals surface area contributed by atoms with Crippen molar-refractivity contribution in [1.29, 1.82) is 0 Å². The molecule has 1 aromatic carbocycles. The van der Waals surface area contributed by atoms with Gasteiger partial charge in [0, 0.05) is 37.9 Å². The summed E-state index contributed by atoms with van der Waals surface area (Å²) in [5.74, 6) is 0.548. The summed E-state index contributed by atoms with van der Waals surface area (Å²) in [7, 11) is 0. The second-order valence-corrected chi connectivity index (χ2v) is 9.39. The maximum atomic E-state index is 12.7. The predicted octanol–water partition coefficient (Wildman–Crippen LogP) is 3.35. The Balaban J connectivity index is 1.25. The molecule has 168 valence electrons. The molecule has 1 atom stereocenters. The maximum absolute atomic E-state index is 12.7. The van der Waals surface area contributed by atoms with E-state index in [4.69, 9.17) is 4.74 Å². The molecule has 1 aromatic heterocycles. The molecule has 3 heterocycles. The number of amides is 2. The number of nitrogens with one attached hydrogen (secondary N) is 1. The number of nitrogens with zero attached hydrogens (tertiary/aromatic N) is 2. The lowest BCUT2D eigenvalue weighted by molar-refractivity contribution is -0.160. The van der Waals surface area contributed by atoms with Crippen molar-refractivity contribution in [2.75, 3.05) is 13.1 Å². The van der Waals surface area contributed by atoms with Gasteiger partial charge in [0.05, 0.1) is 18.1 Å². The first-order valence-corrected chi connectivity index (χ1v) is 11.8. The van der Waals surface area contributed by atoms with Gasteiger partial charge in [-0.1, -0.05) is 36.8 Å². The smallest absolute Gasteiger partial charge is 0.225 e. The fourth-order valence-corrected chi connectivity index (χ4v) is 5.30. The van der Waals surface area contributed by atoms with Gasteiger partial charge in [0.15, 0.2) is 0 Å². The Kier molecular flexibility index (Phi) is 5.96. The Morgan fingerprint density at radius 2 is 1.94 bits per heavy atom. The lowest BCUT2D eigenvalue weighted by atomic mass is 9.77. The monoisotopic (exact) mass is 433 g/mol. The Morgan fingerprint density at radius 1 is 1.12 bits per heavy atom. The normalized spacial score (nSPS) is 22.1. The fourth-order valence-electron chi connectivity index (χ4n) is 5.30. The molecule has 0 radical (unpaired) electrons. The minimum Gasteiger partial charge on any atom is -0.366 e. The molecule has 5 rings (SSSR count). The van der Waals surface area contributed by atoms with E-state index in [2.05, 4.69) is 34.6 Å². The lowest BCUT2D eigenvalue weighted by Crippen LogP contribution is -2.52. The molecule has 1 spiro atoms. The highest BCUT2D eigenvalue weighted by Gasteiger charge is 2.45. The van der Waals surface area contributed by atoms with Crippen LogP contribution in [-0.4, -0.2) is 40.9 Å². The molecule has 3 aliphatic rings. The Bertz CT molecular complexity index is 965. The third-order valence-electron chi connectivity index (χ3n) is 7.31. The van der Waals surface area contributed by atoms with E-state index in [1.54, 1.807) is 12.4 Å². The number of hydrogen-bond donors (Lipinski definition) is 1. The second kappa shape index (κ2) is 9.02. The number of carbonyl (C=O) groups is 2. The molecule has 1 saturated heterocycles. The molecule has 2 amide bonds. The van der Waals surface area contributed by atoms with Gasteiger partial charge >= 0.3 is 0 Å². The number of rotatable bonds is 5. The number of likely N-dealkylation sites (tertiary alicyclic amines) is 1. The summed E-state index contributed by atoms with van der Waals surface area (Å²) in [4.78, 5) is 31.5. The van der Waals surface area contributed by atoms with E-state index in [9.17, 15) is 9.59 Å². The van der Waals surface area contributed by atoms with Crippen LogP contribution in [0.1, 0.15) is 55.2 Å². The minimum atomic E-state index is -0.403. The van der Waals surface area contributed by atoms with E-state index in [0.29, 0.717) is 18.9 Å². The highest BCUT2D eigenvalue weighted by Crippen LogP contribution is 2.44. The fraction of sp³-hybridized carbons (Fsp3) is 0.500. The number of benzene rings is 1. The van der Waals surface area contributed by atoms with Crippen molar-refractivity contribution in [3.05, 3.63) is 65.5 Å². The van der Waals surface area contributed by atoms with Crippen molar-refractivity contribution < 1.29 is 14.3 Å². The van der Waals surface area contributed by atoms with E-state index < -0.39 is 5.60 Å². The van der Waals surface area contributed by atoms with Crippen LogP contribution in [0.15, 0.2) is 48.8 Å². The molecule has 1 unspecified atom stereocenters. The number of piperidine rings is 1. The molecule has 6 nitrogen and oxygen atoms in total. The van der Waals surface area contributed by atoms with Gasteiger partial charge < -0.3 is 15.0 Å². The number of carbonyl (C=O) groups excluding carboxylic acids is 2. The maximum Gasteiger partial charge on any atom is 0.225 e. The van der Waals surface area contributed by atoms with Crippen LogP contribution < -0.4 is 5.32 Å². The van der Waals surface area contributed by atoms with Crippen LogP contribution >= 0.6 is 0 Å². The Labute approximate surface area is 189 Å². The summed E-state index contributed by atoms with van der Waals surface area (Å²) >= 11 is 0. The lowest BCUT2D eigenvalue weighted by Gasteiger charge is -2.48. The van der Waals surface area contributed by atoms with Gasteiger partial charge in [0.2, 0.25) is 11.8 Å². The summed E-state index contributed by atoms with van der Waals surface area (Å²) in [5.41, 5.74) is 3.08. The standard InChI is InChI=1S/C26H31N3O3/c30-24(28-18-19-5-4-12-27-17-19)16-22-15-21-6-1-2-9-23(21)26(32-22)10-13-29(14-11-26)25(31)20-7-3-8-20/h1-2,4-6,9,12,17,20,22H,3,7-8,10-11,13-16,18H2,(H,28,30). The average molecular weight is 434 g/mol. The first-order chi connectivity index (χ1) is 15.6. The van der Waals surface area contributed by atoms with E-state index >= 15 is 0 Å². The predicted molar refractivity (Wildman–Crippen MR) is 121 cm³/mol. The Hall–Kier alpha value is -2.73. The van der Waals surface area contributed by atoms with Gasteiger partial charge in [-0.05, 0) is 54.9 Å². The second-order valence-electron chi connectivity index (χ2n) is 9.39. The molecule has 1 saturated carbocycles. The van der Waals surface area contributed by atoms with Gasteiger partial charge in [0.25, 0.3) is 0 Å². The first kappa shape index (κ1) is 21.1. The quantitative estimate of drug-likeness (QED) is 0.785. The van der Waals surface area contributed by atoms with Gasteiger partial charge in [-0.3, -0.25) is 14.6 Å². The van der Waals surface area contributed by atoms with Crippen LogP contribution in [-0.2, 0) is 32.9 Å². The van der Waals surface area contributed by atoms with Gasteiger partial charge in [0.1, 0.15) is 0 Å². The first-order valence-electron chi connectivity index (χ1n) is 11.8. The Morgan fingerprint density at radius 3 is 2.66 bits per heavy atom. The van der Waals surface area contributed by atoms with E-state index in [0.717, 1.165) is 50.8 Å². The molecular weight excluding hydrogens is 402 g/mol. The summed E-state index contributed by atoms with van der Waals surface area (Å²) in [6, 6.07) is 12.3. The largest absolute Gasteiger partial charge is 0.366 e. The van der Waals surface area contributed by atoms with Crippen LogP contribution in [0.5, 0.6) is 0 Å². The summed E-state index contributed by atoms with van der Waals surface area (Å²) in [6.45, 7) is 1.92. The molecule has 1 N–H and O–H groups in total. The van der Waals surface area contributed by atoms with Gasteiger partial charge in [-0.2, -0.15) is 0 Å². The van der Waals surface area contributed by atoms with Crippen molar-refractivity contribution in [2.45, 2.75) is 63.2 Å². The zero-order valence-electron chi connectivity index (χ0n) is 18.5. The summed E-state index contributed by atoms with van der Waals surface area (Å²) in [5, 5.41) is 3.00. The molecule has 6 heteroatoms. The van der Waals surface area contributed by atoms with Crippen LogP contribution in [0.2, 0.25) is 0 Å². The molecular formula is C26H31N3O3. The molecule has 2 aliphatic heterocycles. The van der Waals surface area contributed by atoms with E-state index in [1.807, 2.05) is 17.0 Å². The minimum absolute atomic E-state index is 0.00835. The number of aromatic nitrogens is 1. The molecule has 2 fully saturated rings. The van der Waals surface area contributed by atoms with Crippen LogP contribution in [0.25, 0.3) is 0 Å². The number of fused-ring (bicyclic) bond motifs is 2. The number of hydrogen-bond acceptors (Lipinski definition) is 4. The zero-order chi connectivity index (χ0) is 22.0. The van der Waals surface area contributed by atoms with Crippen LogP contribution in [0.4, 0.5) is 0 Å². The third kappa shape index (κ3) is 4.29. The summed E-state index contributed by atoms with van der Waals surface area (Å²) in [6.07, 6.45) is 9.23. The van der Waals surface area contributed by atoms with Crippen LogP contribution in [0, 0.1) is 5.92 Å². The average Bonchev–Trinajstić information content (AvgIpc) is 2.78. The number of pyridine rings is 1. The van der Waals surface area contributed by atoms with Crippen molar-refractivity contribution in [1.82, 2.24) is 15.2 Å². The van der Waals surface area contributed by atoms with Crippen molar-refractivity contribution in [2.24, 2.45) is 5.92 Å². The number of ether oxygens (including phenoxy) is 1. The van der Waals surface area contributed by atoms with Crippen LogP contribution in [0.3, 0.4) is 0 Å².